The number of sulfonamides is 1. The zero-order valence-electron chi connectivity index (χ0n) is 19.4. The quantitative estimate of drug-likeness (QED) is 0.416. The molecule has 1 N–H and O–H groups in total. The number of amides is 1. The van der Waals surface area contributed by atoms with E-state index in [1.165, 1.54) is 0 Å². The molecule has 1 atom stereocenters. The molecular weight excluding hydrogens is 434 g/mol. The molecule has 0 aromatic heterocycles. The summed E-state index contributed by atoms with van der Waals surface area (Å²) in [6.07, 6.45) is 1.97. The van der Waals surface area contributed by atoms with Crippen LogP contribution in [0.4, 0.5) is 0 Å². The second-order valence-corrected chi connectivity index (χ2v) is 10.7. The van der Waals surface area contributed by atoms with Gasteiger partial charge in [0.05, 0.1) is 4.90 Å². The first kappa shape index (κ1) is 24.4. The molecular formula is C26H29N3O3S. The van der Waals surface area contributed by atoms with Gasteiger partial charge in [0.1, 0.15) is 6.04 Å². The van der Waals surface area contributed by atoms with Crippen LogP contribution >= 0.6 is 0 Å². The Morgan fingerprint density at radius 2 is 1.67 bits per heavy atom. The molecule has 3 aromatic carbocycles. The summed E-state index contributed by atoms with van der Waals surface area (Å²) in [5, 5.41) is 11.4. The van der Waals surface area contributed by atoms with Crippen LogP contribution in [0.2, 0.25) is 0 Å². The second kappa shape index (κ2) is 9.74. The Morgan fingerprint density at radius 1 is 1.03 bits per heavy atom. The van der Waals surface area contributed by atoms with E-state index in [1.807, 2.05) is 69.4 Å². The van der Waals surface area contributed by atoms with Gasteiger partial charge in [-0.05, 0) is 52.8 Å². The predicted molar refractivity (Wildman–Crippen MR) is 130 cm³/mol. The van der Waals surface area contributed by atoms with Gasteiger partial charge in [0.2, 0.25) is 10.0 Å². The summed E-state index contributed by atoms with van der Waals surface area (Å²) in [5.41, 5.74) is 1.69. The summed E-state index contributed by atoms with van der Waals surface area (Å²) in [7, 11) is -3.99. The van der Waals surface area contributed by atoms with Crippen molar-refractivity contribution in [1.29, 1.82) is 5.26 Å². The van der Waals surface area contributed by atoms with Crippen molar-refractivity contribution >= 4 is 26.7 Å². The van der Waals surface area contributed by atoms with Gasteiger partial charge < -0.3 is 0 Å². The van der Waals surface area contributed by atoms with Crippen LogP contribution < -0.4 is 4.72 Å². The van der Waals surface area contributed by atoms with Gasteiger partial charge in [0.25, 0.3) is 5.91 Å². The van der Waals surface area contributed by atoms with E-state index in [0.717, 1.165) is 26.8 Å². The molecule has 3 aromatic rings. The number of nitriles is 1. The van der Waals surface area contributed by atoms with Crippen molar-refractivity contribution in [2.75, 3.05) is 6.54 Å². The van der Waals surface area contributed by atoms with Crippen LogP contribution in [0.25, 0.3) is 10.8 Å². The smallest absolute Gasteiger partial charge is 0.254 e. The molecule has 3 rings (SSSR count). The second-order valence-electron chi connectivity index (χ2n) is 9.02. The number of carbonyl (C=O) groups is 1. The van der Waals surface area contributed by atoms with E-state index in [0.29, 0.717) is 0 Å². The first-order valence-corrected chi connectivity index (χ1v) is 12.3. The van der Waals surface area contributed by atoms with Crippen LogP contribution in [0.1, 0.15) is 38.8 Å². The minimum absolute atomic E-state index is 0.0758. The van der Waals surface area contributed by atoms with Crippen molar-refractivity contribution in [3.8, 4) is 6.19 Å². The van der Waals surface area contributed by atoms with Crippen LogP contribution in [-0.2, 0) is 26.7 Å². The molecule has 6 nitrogen and oxygen atoms in total. The van der Waals surface area contributed by atoms with E-state index in [9.17, 15) is 18.5 Å². The normalized spacial score (nSPS) is 12.8. The molecule has 33 heavy (non-hydrogen) atoms. The number of benzene rings is 3. The predicted octanol–water partition coefficient (Wildman–Crippen LogP) is 4.36. The maximum Gasteiger partial charge on any atom is 0.254 e. The number of fused-ring (bicyclic) bond motifs is 1. The SMILES string of the molecule is CCN(C#N)C(=O)C(Cc1ccc2ccccc2c1)NS(=O)(=O)c1ccc(C(C)(C)C)cc1. The minimum Gasteiger partial charge on any atom is -0.272 e. The maximum absolute atomic E-state index is 13.1. The van der Waals surface area contributed by atoms with Crippen molar-refractivity contribution in [2.24, 2.45) is 0 Å². The largest absolute Gasteiger partial charge is 0.272 e. The fraction of sp³-hybridized carbons (Fsp3) is 0.308. The topological polar surface area (TPSA) is 90.3 Å². The van der Waals surface area contributed by atoms with Crippen LogP contribution in [-0.4, -0.2) is 31.8 Å². The maximum atomic E-state index is 13.1. The highest BCUT2D eigenvalue weighted by atomic mass is 32.2. The van der Waals surface area contributed by atoms with Crippen LogP contribution in [0, 0.1) is 11.5 Å². The molecule has 0 saturated heterocycles. The summed E-state index contributed by atoms with van der Waals surface area (Å²) in [6.45, 7) is 7.98. The number of rotatable bonds is 7. The molecule has 1 unspecified atom stereocenters. The first-order chi connectivity index (χ1) is 15.5. The van der Waals surface area contributed by atoms with E-state index in [1.54, 1.807) is 31.2 Å². The third-order valence-electron chi connectivity index (χ3n) is 5.58. The lowest BCUT2D eigenvalue weighted by molar-refractivity contribution is -0.129. The molecule has 0 fully saturated rings. The lowest BCUT2D eigenvalue weighted by Crippen LogP contribution is -2.48. The zero-order valence-corrected chi connectivity index (χ0v) is 20.2. The highest BCUT2D eigenvalue weighted by molar-refractivity contribution is 7.89. The van der Waals surface area contributed by atoms with Gasteiger partial charge in [-0.25, -0.2) is 13.3 Å². The van der Waals surface area contributed by atoms with Crippen LogP contribution in [0.5, 0.6) is 0 Å². The van der Waals surface area contributed by atoms with Crippen molar-refractivity contribution in [1.82, 2.24) is 9.62 Å². The van der Waals surface area contributed by atoms with Gasteiger partial charge in [0.15, 0.2) is 6.19 Å². The molecule has 0 aliphatic heterocycles. The Hall–Kier alpha value is -3.21. The van der Waals surface area contributed by atoms with Gasteiger partial charge in [0, 0.05) is 6.54 Å². The van der Waals surface area contributed by atoms with Gasteiger partial charge in [-0.1, -0.05) is 75.4 Å². The van der Waals surface area contributed by atoms with Crippen molar-refractivity contribution < 1.29 is 13.2 Å². The monoisotopic (exact) mass is 463 g/mol. The summed E-state index contributed by atoms with van der Waals surface area (Å²) >= 11 is 0. The highest BCUT2D eigenvalue weighted by Crippen LogP contribution is 2.24. The number of hydrogen-bond donors (Lipinski definition) is 1. The third-order valence-corrected chi connectivity index (χ3v) is 7.07. The van der Waals surface area contributed by atoms with Gasteiger partial charge in [-0.2, -0.15) is 9.98 Å². The van der Waals surface area contributed by atoms with E-state index in [4.69, 9.17) is 0 Å². The summed E-state index contributed by atoms with van der Waals surface area (Å²) < 4.78 is 28.8. The third kappa shape index (κ3) is 5.78. The Labute approximate surface area is 195 Å². The van der Waals surface area contributed by atoms with Crippen LogP contribution in [0.3, 0.4) is 0 Å². The molecule has 0 radical (unpaired) electrons. The van der Waals surface area contributed by atoms with E-state index in [2.05, 4.69) is 4.72 Å². The van der Waals surface area contributed by atoms with E-state index in [-0.39, 0.29) is 23.3 Å². The minimum atomic E-state index is -3.99. The summed E-state index contributed by atoms with van der Waals surface area (Å²) in [6, 6.07) is 19.1. The molecule has 1 amide bonds. The molecule has 0 saturated carbocycles. The molecule has 7 heteroatoms. The number of carbonyl (C=O) groups excluding carboxylic acids is 1. The van der Waals surface area contributed by atoms with E-state index < -0.39 is 22.0 Å². The molecule has 0 aliphatic rings. The molecule has 172 valence electrons. The van der Waals surface area contributed by atoms with Gasteiger partial charge >= 0.3 is 0 Å². The average Bonchev–Trinajstić information content (AvgIpc) is 2.78. The lowest BCUT2D eigenvalue weighted by Gasteiger charge is -2.22. The Bertz CT molecular complexity index is 1290. The van der Waals surface area contributed by atoms with Crippen molar-refractivity contribution in [3.05, 3.63) is 77.9 Å². The standard InChI is InChI=1S/C26H29N3O3S/c1-5-29(18-27)25(30)24(17-19-10-11-20-8-6-7-9-21(20)16-19)28-33(31,32)23-14-12-22(13-15-23)26(2,3)4/h6-16,24,28H,5,17H2,1-4H3. The number of hydrogen-bond acceptors (Lipinski definition) is 4. The molecule has 0 aliphatic carbocycles. The molecule has 0 spiro atoms. The van der Waals surface area contributed by atoms with Gasteiger partial charge in [-0.15, -0.1) is 0 Å². The number of nitrogens with zero attached hydrogens (tertiary/aromatic N) is 2. The first-order valence-electron chi connectivity index (χ1n) is 10.9. The fourth-order valence-electron chi connectivity index (χ4n) is 3.63. The Morgan fingerprint density at radius 3 is 2.24 bits per heavy atom. The number of nitrogens with one attached hydrogen (secondary N) is 1. The summed E-state index contributed by atoms with van der Waals surface area (Å²) in [5.74, 6) is -0.581. The highest BCUT2D eigenvalue weighted by Gasteiger charge is 2.29. The van der Waals surface area contributed by atoms with E-state index >= 15 is 0 Å². The van der Waals surface area contributed by atoms with Crippen LogP contribution in [0.15, 0.2) is 71.6 Å². The average molecular weight is 464 g/mol. The molecule has 0 heterocycles. The van der Waals surface area contributed by atoms with Gasteiger partial charge in [-0.3, -0.25) is 4.79 Å². The summed E-state index contributed by atoms with van der Waals surface area (Å²) in [4.78, 5) is 14.1. The van der Waals surface area contributed by atoms with Crippen molar-refractivity contribution in [2.45, 2.75) is 50.5 Å². The van der Waals surface area contributed by atoms with Crippen molar-refractivity contribution in [3.63, 3.8) is 0 Å². The fourth-order valence-corrected chi connectivity index (χ4v) is 4.82. The Kier molecular flexibility index (Phi) is 7.21. The molecule has 0 bridgehead atoms. The lowest BCUT2D eigenvalue weighted by atomic mass is 9.87. The zero-order chi connectivity index (χ0) is 24.2. The number of likely N-dealkylation sites (N-methyl/N-ethyl adjacent to an activating group) is 1. The Balaban J connectivity index is 1.93.